The van der Waals surface area contributed by atoms with E-state index < -0.39 is 0 Å². The number of likely N-dealkylation sites (tertiary alicyclic amines) is 1. The number of nitrogens with zero attached hydrogens (tertiary/aromatic N) is 1. The van der Waals surface area contributed by atoms with E-state index >= 15 is 0 Å². The third kappa shape index (κ3) is 5.21. The smallest absolute Gasteiger partial charge is 0.317 e. The third-order valence-electron chi connectivity index (χ3n) is 3.94. The quantitative estimate of drug-likeness (QED) is 0.759. The van der Waals surface area contributed by atoms with Gasteiger partial charge < -0.3 is 15.3 Å². The van der Waals surface area contributed by atoms with Crippen molar-refractivity contribution in [3.63, 3.8) is 0 Å². The van der Waals surface area contributed by atoms with E-state index in [1.807, 2.05) is 11.8 Å². The maximum Gasteiger partial charge on any atom is 0.317 e. The van der Waals surface area contributed by atoms with Gasteiger partial charge >= 0.3 is 6.03 Å². The van der Waals surface area contributed by atoms with Gasteiger partial charge in [-0.1, -0.05) is 29.8 Å². The lowest BCUT2D eigenvalue weighted by Gasteiger charge is -2.23. The van der Waals surface area contributed by atoms with Gasteiger partial charge in [0.15, 0.2) is 0 Å². The lowest BCUT2D eigenvalue weighted by Crippen LogP contribution is -2.44. The number of nitrogens with one attached hydrogen (secondary N) is 1. The molecule has 2 N–H and O–H groups in total. The van der Waals surface area contributed by atoms with E-state index in [2.05, 4.69) is 36.5 Å². The first kappa shape index (κ1) is 17.2. The van der Waals surface area contributed by atoms with Crippen molar-refractivity contribution in [1.82, 2.24) is 10.2 Å². The minimum Gasteiger partial charge on any atom is -0.394 e. The van der Waals surface area contributed by atoms with Gasteiger partial charge in [-0.3, -0.25) is 0 Å². The van der Waals surface area contributed by atoms with E-state index in [0.717, 1.165) is 37.3 Å². The van der Waals surface area contributed by atoms with Gasteiger partial charge in [0, 0.05) is 18.8 Å². The summed E-state index contributed by atoms with van der Waals surface area (Å²) in [5.41, 5.74) is 2.66. The lowest BCUT2D eigenvalue weighted by atomic mass is 10.2. The highest BCUT2D eigenvalue weighted by Crippen LogP contribution is 2.17. The summed E-state index contributed by atoms with van der Waals surface area (Å²) in [7, 11) is 0. The summed E-state index contributed by atoms with van der Waals surface area (Å²) < 4.78 is 0. The fourth-order valence-electron chi connectivity index (χ4n) is 2.76. The average Bonchev–Trinajstić information content (AvgIpc) is 2.99. The van der Waals surface area contributed by atoms with Crippen LogP contribution in [0.3, 0.4) is 0 Å². The number of aryl methyl sites for hydroxylation is 1. The molecule has 122 valence electrons. The lowest BCUT2D eigenvalue weighted by molar-refractivity contribution is 0.157. The van der Waals surface area contributed by atoms with Gasteiger partial charge in [0.2, 0.25) is 0 Å². The van der Waals surface area contributed by atoms with Crippen molar-refractivity contribution in [1.29, 1.82) is 0 Å². The SMILES string of the molecule is Cc1cccc(CSCCCNC(=O)N2CCC[C@H]2CO)c1. The number of amides is 2. The first-order valence-electron chi connectivity index (χ1n) is 7.99. The zero-order chi connectivity index (χ0) is 15.8. The molecule has 1 aliphatic heterocycles. The molecule has 4 nitrogen and oxygen atoms in total. The maximum atomic E-state index is 12.0. The number of thioether (sulfide) groups is 1. The predicted octanol–water partition coefficient (Wildman–Crippen LogP) is 2.78. The number of hydrogen-bond donors (Lipinski definition) is 2. The van der Waals surface area contributed by atoms with Gasteiger partial charge in [0.1, 0.15) is 0 Å². The summed E-state index contributed by atoms with van der Waals surface area (Å²) in [6, 6.07) is 8.57. The molecule has 1 aliphatic rings. The molecule has 22 heavy (non-hydrogen) atoms. The van der Waals surface area contributed by atoms with Crippen molar-refractivity contribution < 1.29 is 9.90 Å². The molecule has 0 saturated carbocycles. The van der Waals surface area contributed by atoms with Gasteiger partial charge in [-0.15, -0.1) is 0 Å². The monoisotopic (exact) mass is 322 g/mol. The first-order valence-corrected chi connectivity index (χ1v) is 9.15. The number of carbonyl (C=O) groups is 1. The van der Waals surface area contributed by atoms with Gasteiger partial charge in [0.25, 0.3) is 0 Å². The summed E-state index contributed by atoms with van der Waals surface area (Å²) in [6.45, 7) is 3.65. The largest absolute Gasteiger partial charge is 0.394 e. The highest BCUT2D eigenvalue weighted by molar-refractivity contribution is 7.98. The minimum atomic E-state index is -0.0276. The molecular formula is C17H26N2O2S. The van der Waals surface area contributed by atoms with Crippen molar-refractivity contribution in [3.05, 3.63) is 35.4 Å². The van der Waals surface area contributed by atoms with Crippen LogP contribution >= 0.6 is 11.8 Å². The fraction of sp³-hybridized carbons (Fsp3) is 0.588. The number of carbonyl (C=O) groups excluding carboxylic acids is 1. The highest BCUT2D eigenvalue weighted by Gasteiger charge is 2.27. The number of aliphatic hydroxyl groups excluding tert-OH is 1. The second-order valence-corrected chi connectivity index (χ2v) is 6.90. The predicted molar refractivity (Wildman–Crippen MR) is 92.2 cm³/mol. The Kier molecular flexibility index (Phi) is 7.06. The molecule has 2 amide bonds. The van der Waals surface area contributed by atoms with Crippen LogP contribution in [-0.4, -0.2) is 47.5 Å². The van der Waals surface area contributed by atoms with E-state index in [1.54, 1.807) is 4.90 Å². The van der Waals surface area contributed by atoms with Gasteiger partial charge in [0.05, 0.1) is 12.6 Å². The number of benzene rings is 1. The third-order valence-corrected chi connectivity index (χ3v) is 5.06. The maximum absolute atomic E-state index is 12.0. The van der Waals surface area contributed by atoms with E-state index in [9.17, 15) is 9.90 Å². The fourth-order valence-corrected chi connectivity index (χ4v) is 3.66. The normalized spacial score (nSPS) is 17.7. The zero-order valence-electron chi connectivity index (χ0n) is 13.3. The van der Waals surface area contributed by atoms with E-state index in [0.29, 0.717) is 6.54 Å². The van der Waals surface area contributed by atoms with Crippen LogP contribution in [0, 0.1) is 6.92 Å². The van der Waals surface area contributed by atoms with E-state index in [4.69, 9.17) is 0 Å². The molecular weight excluding hydrogens is 296 g/mol. The standard InChI is InChI=1S/C17H26N2O2S/c1-14-5-2-6-15(11-14)13-22-10-4-8-18-17(21)19-9-3-7-16(19)12-20/h2,5-6,11,16,20H,3-4,7-10,12-13H2,1H3,(H,18,21)/t16-/m0/s1. The average molecular weight is 322 g/mol. The molecule has 0 aliphatic carbocycles. The van der Waals surface area contributed by atoms with Crippen LogP contribution in [0.15, 0.2) is 24.3 Å². The number of hydrogen-bond acceptors (Lipinski definition) is 3. The first-order chi connectivity index (χ1) is 10.7. The Hall–Kier alpha value is -1.20. The summed E-state index contributed by atoms with van der Waals surface area (Å²) in [5.74, 6) is 2.06. The molecule has 0 aromatic heterocycles. The molecule has 0 unspecified atom stereocenters. The summed E-state index contributed by atoms with van der Waals surface area (Å²) in [5, 5.41) is 12.2. The van der Waals surface area contributed by atoms with Crippen molar-refractivity contribution in [3.8, 4) is 0 Å². The molecule has 1 atom stereocenters. The molecule has 0 spiro atoms. The minimum absolute atomic E-state index is 0.00990. The summed E-state index contributed by atoms with van der Waals surface area (Å²) in [6.07, 6.45) is 2.88. The molecule has 1 heterocycles. The van der Waals surface area contributed by atoms with E-state index in [1.165, 1.54) is 11.1 Å². The molecule has 0 radical (unpaired) electrons. The molecule has 5 heteroatoms. The van der Waals surface area contributed by atoms with Crippen LogP contribution in [0.5, 0.6) is 0 Å². The van der Waals surface area contributed by atoms with Crippen molar-refractivity contribution >= 4 is 17.8 Å². The van der Waals surface area contributed by atoms with Crippen LogP contribution in [0.4, 0.5) is 4.79 Å². The second-order valence-electron chi connectivity index (χ2n) is 5.80. The van der Waals surface area contributed by atoms with Gasteiger partial charge in [-0.2, -0.15) is 11.8 Å². The zero-order valence-corrected chi connectivity index (χ0v) is 14.1. The molecule has 1 saturated heterocycles. The number of rotatable bonds is 7. The summed E-state index contributed by atoms with van der Waals surface area (Å²) in [4.78, 5) is 13.8. The molecule has 1 fully saturated rings. The Balaban J connectivity index is 1.56. The van der Waals surface area contributed by atoms with Gasteiger partial charge in [-0.05, 0) is 37.5 Å². The molecule has 1 aromatic rings. The van der Waals surface area contributed by atoms with Crippen LogP contribution < -0.4 is 5.32 Å². The number of aliphatic hydroxyl groups is 1. The van der Waals surface area contributed by atoms with Gasteiger partial charge in [-0.25, -0.2) is 4.79 Å². The van der Waals surface area contributed by atoms with Crippen LogP contribution in [-0.2, 0) is 5.75 Å². The number of urea groups is 1. The Morgan fingerprint density at radius 2 is 2.36 bits per heavy atom. The Morgan fingerprint density at radius 3 is 3.14 bits per heavy atom. The van der Waals surface area contributed by atoms with Crippen molar-refractivity contribution in [2.75, 3.05) is 25.4 Å². The van der Waals surface area contributed by atoms with Crippen molar-refractivity contribution in [2.24, 2.45) is 0 Å². The summed E-state index contributed by atoms with van der Waals surface area (Å²) >= 11 is 1.90. The van der Waals surface area contributed by atoms with E-state index in [-0.39, 0.29) is 18.7 Å². The van der Waals surface area contributed by atoms with Crippen molar-refractivity contribution in [2.45, 2.75) is 38.0 Å². The van der Waals surface area contributed by atoms with Crippen LogP contribution in [0.25, 0.3) is 0 Å². The van der Waals surface area contributed by atoms with Crippen LogP contribution in [0.1, 0.15) is 30.4 Å². The highest BCUT2D eigenvalue weighted by atomic mass is 32.2. The second kappa shape index (κ2) is 9.06. The topological polar surface area (TPSA) is 52.6 Å². The molecule has 1 aromatic carbocycles. The Morgan fingerprint density at radius 1 is 1.50 bits per heavy atom. The van der Waals surface area contributed by atoms with Crippen LogP contribution in [0.2, 0.25) is 0 Å². The molecule has 0 bridgehead atoms. The molecule has 2 rings (SSSR count). The Labute approximate surface area is 137 Å². The Bertz CT molecular complexity index is 481.